The van der Waals surface area contributed by atoms with Crippen molar-refractivity contribution in [3.05, 3.63) is 158 Å². The molecule has 0 aliphatic heterocycles. The molecule has 11 rings (SSSR count). The predicted molar refractivity (Wildman–Crippen MR) is 208 cm³/mol. The van der Waals surface area contributed by atoms with Gasteiger partial charge in [0.2, 0.25) is 11.6 Å². The van der Waals surface area contributed by atoms with Gasteiger partial charge in [-0.1, -0.05) is 12.1 Å². The molecule has 0 fully saturated rings. The Balaban J connectivity index is 1.26. The number of hydrogen-bond acceptors (Lipinski definition) is 3. The third kappa shape index (κ3) is 5.77. The minimum Gasteiger partial charge on any atom is -0.486 e. The van der Waals surface area contributed by atoms with E-state index in [1.54, 1.807) is 0 Å². The molecule has 0 radical (unpaired) electrons. The van der Waals surface area contributed by atoms with Gasteiger partial charge >= 0.3 is 7.32 Å². The zero-order chi connectivity index (χ0) is 52.8. The molecule has 0 unspecified atom stereocenters. The largest absolute Gasteiger partial charge is 0.864 e. The van der Waals surface area contributed by atoms with Crippen molar-refractivity contribution in [1.82, 2.24) is 0 Å². The number of halogens is 23. The van der Waals surface area contributed by atoms with Gasteiger partial charge in [0.05, 0.1) is 53.9 Å². The minimum absolute atomic E-state index is 0.311. The van der Waals surface area contributed by atoms with Crippen molar-refractivity contribution < 1.29 is 115 Å². The molecule has 27 heteroatoms. The van der Waals surface area contributed by atoms with Crippen molar-refractivity contribution in [2.75, 3.05) is 0 Å². The maximum absolute atomic E-state index is 16.5. The van der Waals surface area contributed by atoms with E-state index in [0.717, 1.165) is 12.1 Å². The van der Waals surface area contributed by atoms with E-state index in [4.69, 9.17) is 14.0 Å². The van der Waals surface area contributed by atoms with Gasteiger partial charge in [-0.15, -0.1) is 0 Å². The van der Waals surface area contributed by atoms with Crippen molar-refractivity contribution in [2.45, 2.75) is 0 Å². The predicted octanol–water partition coefficient (Wildman–Crippen LogP) is 15.5. The van der Waals surface area contributed by atoms with Gasteiger partial charge in [-0.25, -0.2) is 87.8 Å². The Hall–Kier alpha value is -8.13. The first-order valence-corrected chi connectivity index (χ1v) is 19.5. The van der Waals surface area contributed by atoms with Gasteiger partial charge < -0.3 is 14.0 Å². The van der Waals surface area contributed by atoms with Gasteiger partial charge in [0.25, 0.3) is 0 Å². The van der Waals surface area contributed by atoms with Crippen molar-refractivity contribution in [3.63, 3.8) is 0 Å². The molecular formula is C46H4BF23O3. The topological polar surface area (TPSA) is 27.7 Å². The van der Waals surface area contributed by atoms with Crippen LogP contribution in [0.2, 0.25) is 0 Å². The summed E-state index contributed by atoms with van der Waals surface area (Å²) in [7, 11) is -4.03. The molecular weight excluding hydrogens is 1050 g/mol. The quantitative estimate of drug-likeness (QED) is 0.0415. The van der Waals surface area contributed by atoms with E-state index in [9.17, 15) is 17.6 Å². The van der Waals surface area contributed by atoms with Gasteiger partial charge in [-0.05, 0) is 17.5 Å². The van der Waals surface area contributed by atoms with Crippen LogP contribution < -0.4 is 14.0 Å². The van der Waals surface area contributed by atoms with Crippen LogP contribution in [0, 0.1) is 134 Å². The summed E-state index contributed by atoms with van der Waals surface area (Å²) in [6.07, 6.45) is 0. The van der Waals surface area contributed by atoms with Crippen LogP contribution in [0.15, 0.2) is 24.3 Å². The maximum atomic E-state index is 16.5. The smallest absolute Gasteiger partial charge is 0.486 e. The lowest BCUT2D eigenvalue weighted by atomic mass is 9.90. The van der Waals surface area contributed by atoms with Crippen LogP contribution >= 0.6 is 0 Å². The summed E-state index contributed by atoms with van der Waals surface area (Å²) in [4.78, 5) is 0. The number of benzene rings is 11. The molecule has 0 spiro atoms. The van der Waals surface area contributed by atoms with E-state index in [1.165, 1.54) is 0 Å². The van der Waals surface area contributed by atoms with Crippen LogP contribution in [-0.2, 0) is 0 Å². The first kappa shape index (κ1) is 47.2. The standard InChI is InChI=1S/C46H4BF23O3/c48-7-4-2-5-1-3-6-9-8(5)10(7)24(51)25(52)13(9)34(61)41(68)44(6)71-47(73-46-21-19(33(60)40(67)43(46)70)22(49)17-18(23(21)50)32(59)39(66)38(65)31(17)58)72-45-20-12-11-14(26(53)27(54)16(12)35(62)42(45)69)29(56)37(64)30(57)15(11)28(55)36(20)63/h1-4H. The molecule has 0 saturated heterocycles. The van der Waals surface area contributed by atoms with Gasteiger partial charge in [0, 0.05) is 26.9 Å². The summed E-state index contributed by atoms with van der Waals surface area (Å²) in [5.41, 5.74) is 0. The molecule has 370 valence electrons. The van der Waals surface area contributed by atoms with E-state index >= 15 is 83.4 Å². The highest BCUT2D eigenvalue weighted by atomic mass is 19.2. The Morgan fingerprint density at radius 2 is 0.479 bits per heavy atom. The molecule has 11 aromatic rings. The van der Waals surface area contributed by atoms with E-state index in [1.807, 2.05) is 0 Å². The molecule has 0 amide bonds. The molecule has 73 heavy (non-hydrogen) atoms. The summed E-state index contributed by atoms with van der Waals surface area (Å²) in [5.74, 6) is -69.8. The van der Waals surface area contributed by atoms with Gasteiger partial charge in [0.1, 0.15) is 17.5 Å². The van der Waals surface area contributed by atoms with E-state index in [2.05, 4.69) is 0 Å². The normalized spacial score (nSPS) is 12.3. The van der Waals surface area contributed by atoms with Crippen molar-refractivity contribution in [2.24, 2.45) is 0 Å². The fraction of sp³-hybridized carbons (Fsp3) is 0. The Morgan fingerprint density at radius 3 is 0.973 bits per heavy atom. The lowest BCUT2D eigenvalue weighted by Crippen LogP contribution is -2.38. The third-order valence-electron chi connectivity index (χ3n) is 12.1. The highest BCUT2D eigenvalue weighted by molar-refractivity contribution is 6.41. The monoisotopic (exact) mass is 1050 g/mol. The number of hydrogen-bond donors (Lipinski definition) is 0. The molecule has 3 nitrogen and oxygen atoms in total. The van der Waals surface area contributed by atoms with Crippen LogP contribution in [0.3, 0.4) is 0 Å². The van der Waals surface area contributed by atoms with Crippen LogP contribution in [0.4, 0.5) is 101 Å². The highest BCUT2D eigenvalue weighted by Crippen LogP contribution is 2.51. The fourth-order valence-electron chi connectivity index (χ4n) is 9.06. The van der Waals surface area contributed by atoms with Crippen LogP contribution in [0.1, 0.15) is 0 Å². The highest BCUT2D eigenvalue weighted by Gasteiger charge is 2.44. The molecule has 11 aromatic carbocycles. The summed E-state index contributed by atoms with van der Waals surface area (Å²) >= 11 is 0. The zero-order valence-electron chi connectivity index (χ0n) is 33.8. The second-order valence-electron chi connectivity index (χ2n) is 15.7. The molecule has 0 aromatic heterocycles. The maximum Gasteiger partial charge on any atom is 0.864 e. The Labute approximate surface area is 383 Å². The van der Waals surface area contributed by atoms with Crippen LogP contribution in [-0.4, -0.2) is 7.32 Å². The first-order chi connectivity index (χ1) is 34.4. The SMILES string of the molecule is Fc1c(F)c(F)c2c(F)c3c(OB(Oc4c(F)c(F)c5c(F)c(F)c6c(F)ccc7ccc4c5c76)Oc4c(F)c(F)c5c(F)c(F)c6c(F)c(F)c(F)c7c(F)c(F)c4c5c67)c(F)c(F)c(F)c3c(F)c2c1F. The number of fused-ring (bicyclic) bond motifs is 2. The minimum atomic E-state index is -4.03. The molecule has 0 aliphatic carbocycles. The Bertz CT molecular complexity index is 4390. The van der Waals surface area contributed by atoms with E-state index in [0.29, 0.717) is 12.1 Å². The van der Waals surface area contributed by atoms with Crippen LogP contribution in [0.5, 0.6) is 17.2 Å². The van der Waals surface area contributed by atoms with Gasteiger partial charge in [0.15, 0.2) is 122 Å². The molecule has 0 bridgehead atoms. The van der Waals surface area contributed by atoms with Gasteiger partial charge in [-0.2, -0.15) is 13.2 Å². The second kappa shape index (κ2) is 15.4. The summed E-state index contributed by atoms with van der Waals surface area (Å²) in [6, 6.07) is 2.85. The van der Waals surface area contributed by atoms with Crippen molar-refractivity contribution in [1.29, 1.82) is 0 Å². The second-order valence-corrected chi connectivity index (χ2v) is 15.7. The molecule has 0 N–H and O–H groups in total. The number of rotatable bonds is 6. The molecule has 0 saturated carbocycles. The van der Waals surface area contributed by atoms with Crippen molar-refractivity contribution >= 4 is 93.5 Å². The zero-order valence-corrected chi connectivity index (χ0v) is 33.8. The van der Waals surface area contributed by atoms with Crippen molar-refractivity contribution in [3.8, 4) is 17.2 Å². The third-order valence-corrected chi connectivity index (χ3v) is 12.1. The average molecular weight is 1050 g/mol. The lowest BCUT2D eigenvalue weighted by molar-refractivity contribution is 0.285. The van der Waals surface area contributed by atoms with Crippen LogP contribution in [0.25, 0.3) is 86.2 Å². The molecule has 0 atom stereocenters. The molecule has 0 aliphatic rings. The van der Waals surface area contributed by atoms with E-state index in [-0.39, 0.29) is 5.39 Å². The van der Waals surface area contributed by atoms with E-state index < -0.39 is 239 Å². The Kier molecular flexibility index (Phi) is 9.99. The first-order valence-electron chi connectivity index (χ1n) is 19.5. The Morgan fingerprint density at radius 1 is 0.205 bits per heavy atom. The summed E-state index contributed by atoms with van der Waals surface area (Å²) in [6.45, 7) is 0. The summed E-state index contributed by atoms with van der Waals surface area (Å²) < 4.78 is 373. The van der Waals surface area contributed by atoms with Gasteiger partial charge in [-0.3, -0.25) is 0 Å². The summed E-state index contributed by atoms with van der Waals surface area (Å²) in [5, 5.41) is -28.4. The average Bonchev–Trinajstić information content (AvgIpc) is 3.35. The lowest BCUT2D eigenvalue weighted by Gasteiger charge is -2.23. The molecule has 0 heterocycles. The fourth-order valence-corrected chi connectivity index (χ4v) is 9.06.